The third kappa shape index (κ3) is 5.07. The first kappa shape index (κ1) is 24.0. The number of rotatable bonds is 9. The van der Waals surface area contributed by atoms with Gasteiger partial charge in [0.1, 0.15) is 6.10 Å². The van der Waals surface area contributed by atoms with Gasteiger partial charge in [-0.1, -0.05) is 12.1 Å². The highest BCUT2D eigenvalue weighted by Gasteiger charge is 2.31. The van der Waals surface area contributed by atoms with E-state index in [2.05, 4.69) is 37.6 Å². The minimum atomic E-state index is -0.395. The van der Waals surface area contributed by atoms with Gasteiger partial charge in [0.25, 0.3) is 0 Å². The summed E-state index contributed by atoms with van der Waals surface area (Å²) in [7, 11) is 0. The summed E-state index contributed by atoms with van der Waals surface area (Å²) in [5.74, 6) is 1.48. The van der Waals surface area contributed by atoms with Crippen molar-refractivity contribution in [1.82, 2.24) is 14.1 Å². The van der Waals surface area contributed by atoms with Gasteiger partial charge in [-0.3, -0.25) is 5.32 Å². The van der Waals surface area contributed by atoms with Gasteiger partial charge < -0.3 is 19.6 Å². The highest BCUT2D eigenvalue weighted by molar-refractivity contribution is 7.99. The summed E-state index contributed by atoms with van der Waals surface area (Å²) >= 11 is 1.83. The molecule has 2 aromatic carbocycles. The molecule has 0 saturated heterocycles. The molecule has 4 aromatic rings. The van der Waals surface area contributed by atoms with Crippen molar-refractivity contribution < 1.29 is 9.53 Å². The summed E-state index contributed by atoms with van der Waals surface area (Å²) in [6, 6.07) is 15.1. The molecule has 2 fully saturated rings. The van der Waals surface area contributed by atoms with E-state index in [1.807, 2.05) is 61.7 Å². The molecule has 0 bridgehead atoms. The molecule has 1 unspecified atom stereocenters. The van der Waals surface area contributed by atoms with Crippen molar-refractivity contribution in [2.75, 3.05) is 16.8 Å². The standard InChI is InChI=1S/C29H33N5O2S/c1-19(20-5-6-20)36-29(35)32-22-9-7-21(8-10-22)28-27(30)25-17-24(37-16-15-33-14-13-31-18-33)11-12-26(25)34(28)23-3-2-4-23/h7-14,17-20,23H,2-6,15-16,30H2,1H3,(H,32,35). The largest absolute Gasteiger partial charge is 0.446 e. The average molecular weight is 516 g/mol. The molecule has 37 heavy (non-hydrogen) atoms. The Bertz CT molecular complexity index is 1390. The monoisotopic (exact) mass is 515 g/mol. The van der Waals surface area contributed by atoms with Gasteiger partial charge in [0.2, 0.25) is 0 Å². The Balaban J connectivity index is 1.24. The fraction of sp³-hybridized carbons (Fsp3) is 0.379. The number of nitrogen functional groups attached to an aromatic ring is 1. The molecular formula is C29H33N5O2S. The SMILES string of the molecule is CC(OC(=O)Nc1ccc(-c2c(N)c3cc(SCCn4ccnc4)ccc3n2C2CCC2)cc1)C1CC1. The highest BCUT2D eigenvalue weighted by atomic mass is 32.2. The van der Waals surface area contributed by atoms with Crippen LogP contribution in [0.25, 0.3) is 22.2 Å². The first-order chi connectivity index (χ1) is 18.1. The Morgan fingerprint density at radius 3 is 2.68 bits per heavy atom. The van der Waals surface area contributed by atoms with Crippen LogP contribution in [0.1, 0.15) is 45.1 Å². The number of amides is 1. The lowest BCUT2D eigenvalue weighted by atomic mass is 9.92. The average Bonchev–Trinajstić information content (AvgIpc) is 3.52. The minimum Gasteiger partial charge on any atom is -0.446 e. The van der Waals surface area contributed by atoms with Crippen molar-refractivity contribution in [3.63, 3.8) is 0 Å². The Hall–Kier alpha value is -3.39. The van der Waals surface area contributed by atoms with Crippen LogP contribution in [0.4, 0.5) is 16.2 Å². The number of nitrogens with two attached hydrogens (primary N) is 1. The van der Waals surface area contributed by atoms with Crippen molar-refractivity contribution in [2.45, 2.75) is 62.6 Å². The zero-order valence-corrected chi connectivity index (χ0v) is 21.9. The maximum Gasteiger partial charge on any atom is 0.411 e. The van der Waals surface area contributed by atoms with Gasteiger partial charge in [0.15, 0.2) is 0 Å². The van der Waals surface area contributed by atoms with E-state index in [4.69, 9.17) is 10.5 Å². The van der Waals surface area contributed by atoms with Crippen molar-refractivity contribution >= 4 is 40.1 Å². The molecule has 0 spiro atoms. The van der Waals surface area contributed by atoms with Crippen molar-refractivity contribution in [2.24, 2.45) is 5.92 Å². The number of aromatic nitrogens is 3. The Kier molecular flexibility index (Phi) is 6.59. The lowest BCUT2D eigenvalue weighted by molar-refractivity contribution is 0.108. The van der Waals surface area contributed by atoms with E-state index in [0.29, 0.717) is 12.0 Å². The molecule has 7 nitrogen and oxygen atoms in total. The number of hydrogen-bond acceptors (Lipinski definition) is 5. The smallest absolute Gasteiger partial charge is 0.411 e. The number of nitrogens with one attached hydrogen (secondary N) is 1. The lowest BCUT2D eigenvalue weighted by Gasteiger charge is -2.30. The van der Waals surface area contributed by atoms with Gasteiger partial charge >= 0.3 is 6.09 Å². The van der Waals surface area contributed by atoms with Crippen molar-refractivity contribution in [3.05, 3.63) is 61.2 Å². The van der Waals surface area contributed by atoms with Crippen LogP contribution < -0.4 is 11.1 Å². The van der Waals surface area contributed by atoms with Crippen LogP contribution in [-0.2, 0) is 11.3 Å². The number of anilines is 2. The maximum atomic E-state index is 12.3. The predicted octanol–water partition coefficient (Wildman–Crippen LogP) is 6.95. The second kappa shape index (κ2) is 10.2. The van der Waals surface area contributed by atoms with Crippen LogP contribution in [0, 0.1) is 5.92 Å². The van der Waals surface area contributed by atoms with Gasteiger partial charge in [-0.15, -0.1) is 11.8 Å². The van der Waals surface area contributed by atoms with Gasteiger partial charge in [0.05, 0.1) is 23.2 Å². The summed E-state index contributed by atoms with van der Waals surface area (Å²) in [6.07, 6.45) is 11.1. The molecule has 2 saturated carbocycles. The normalized spacial score (nSPS) is 16.5. The van der Waals surface area contributed by atoms with Crippen molar-refractivity contribution in [3.8, 4) is 11.3 Å². The first-order valence-electron chi connectivity index (χ1n) is 13.2. The van der Waals surface area contributed by atoms with Gasteiger partial charge in [-0.2, -0.15) is 0 Å². The van der Waals surface area contributed by atoms with Crippen LogP contribution in [-0.4, -0.2) is 32.1 Å². The summed E-state index contributed by atoms with van der Waals surface area (Å²) < 4.78 is 10.0. The molecule has 192 valence electrons. The van der Waals surface area contributed by atoms with Crippen LogP contribution in [0.15, 0.2) is 66.1 Å². The fourth-order valence-corrected chi connectivity index (χ4v) is 6.01. The molecular weight excluding hydrogens is 482 g/mol. The predicted molar refractivity (Wildman–Crippen MR) is 150 cm³/mol. The van der Waals surface area contributed by atoms with E-state index in [9.17, 15) is 4.79 Å². The minimum absolute atomic E-state index is 0.0359. The number of fused-ring (bicyclic) bond motifs is 1. The third-order valence-electron chi connectivity index (χ3n) is 7.61. The topological polar surface area (TPSA) is 87.1 Å². The number of nitrogens with zero attached hydrogens (tertiary/aromatic N) is 3. The Morgan fingerprint density at radius 2 is 2.00 bits per heavy atom. The molecule has 2 aromatic heterocycles. The van der Waals surface area contributed by atoms with Gasteiger partial charge in [0, 0.05) is 52.3 Å². The summed E-state index contributed by atoms with van der Waals surface area (Å²) in [5.41, 5.74) is 11.7. The zero-order valence-electron chi connectivity index (χ0n) is 21.1. The first-order valence-corrected chi connectivity index (χ1v) is 14.2. The molecule has 6 rings (SSSR count). The van der Waals surface area contributed by atoms with E-state index >= 15 is 0 Å². The molecule has 8 heteroatoms. The number of thioether (sulfide) groups is 1. The summed E-state index contributed by atoms with van der Waals surface area (Å²) in [4.78, 5) is 17.6. The Morgan fingerprint density at radius 1 is 1.19 bits per heavy atom. The van der Waals surface area contributed by atoms with E-state index in [1.165, 1.54) is 29.7 Å². The Labute approximate surface area is 221 Å². The van der Waals surface area contributed by atoms with Gasteiger partial charge in [-0.05, 0) is 75.3 Å². The second-order valence-corrected chi connectivity index (χ2v) is 11.4. The number of benzene rings is 2. The zero-order chi connectivity index (χ0) is 25.4. The van der Waals surface area contributed by atoms with E-state index < -0.39 is 6.09 Å². The van der Waals surface area contributed by atoms with E-state index in [-0.39, 0.29) is 6.10 Å². The van der Waals surface area contributed by atoms with Crippen LogP contribution >= 0.6 is 11.8 Å². The molecule has 0 radical (unpaired) electrons. The lowest BCUT2D eigenvalue weighted by Crippen LogP contribution is -2.21. The molecule has 2 aliphatic rings. The molecule has 0 aliphatic heterocycles. The third-order valence-corrected chi connectivity index (χ3v) is 8.59. The number of imidazole rings is 1. The molecule has 2 aliphatic carbocycles. The number of ether oxygens (including phenoxy) is 1. The van der Waals surface area contributed by atoms with E-state index in [1.54, 1.807) is 0 Å². The van der Waals surface area contributed by atoms with Gasteiger partial charge in [-0.25, -0.2) is 9.78 Å². The summed E-state index contributed by atoms with van der Waals surface area (Å²) in [6.45, 7) is 2.88. The van der Waals surface area contributed by atoms with Crippen LogP contribution in [0.2, 0.25) is 0 Å². The number of carbonyl (C=O) groups is 1. The quantitative estimate of drug-likeness (QED) is 0.236. The molecule has 2 heterocycles. The molecule has 1 atom stereocenters. The number of aryl methyl sites for hydroxylation is 1. The van der Waals surface area contributed by atoms with Crippen LogP contribution in [0.3, 0.4) is 0 Å². The van der Waals surface area contributed by atoms with Crippen LogP contribution in [0.5, 0.6) is 0 Å². The number of carbonyl (C=O) groups excluding carboxylic acids is 1. The molecule has 1 amide bonds. The molecule has 3 N–H and O–H groups in total. The van der Waals surface area contributed by atoms with Crippen molar-refractivity contribution in [1.29, 1.82) is 0 Å². The summed E-state index contributed by atoms with van der Waals surface area (Å²) in [5, 5.41) is 3.97. The number of hydrogen-bond donors (Lipinski definition) is 2. The highest BCUT2D eigenvalue weighted by Crippen LogP contribution is 2.45. The second-order valence-electron chi connectivity index (χ2n) is 10.2. The maximum absolute atomic E-state index is 12.3. The van der Waals surface area contributed by atoms with E-state index in [0.717, 1.165) is 53.2 Å². The fourth-order valence-electron chi connectivity index (χ4n) is 5.10.